The van der Waals surface area contributed by atoms with Gasteiger partial charge in [0.1, 0.15) is 6.61 Å². The fourth-order valence-corrected chi connectivity index (χ4v) is 4.09. The lowest BCUT2D eigenvalue weighted by Gasteiger charge is -2.30. The van der Waals surface area contributed by atoms with Crippen LogP contribution in [0, 0.1) is 0 Å². The Balaban J connectivity index is 1.93. The van der Waals surface area contributed by atoms with Crippen LogP contribution in [0.25, 0.3) is 5.57 Å². The van der Waals surface area contributed by atoms with E-state index in [1.807, 2.05) is 12.3 Å². The van der Waals surface area contributed by atoms with Crippen molar-refractivity contribution in [3.63, 3.8) is 0 Å². The lowest BCUT2D eigenvalue weighted by Crippen LogP contribution is -2.29. The number of allylic oxidation sites excluding steroid dienone is 1. The normalized spacial score (nSPS) is 24.2. The highest BCUT2D eigenvalue weighted by Gasteiger charge is 2.30. The highest BCUT2D eigenvalue weighted by Crippen LogP contribution is 2.38. The third-order valence-corrected chi connectivity index (χ3v) is 5.88. The van der Waals surface area contributed by atoms with Crippen LogP contribution >= 0.6 is 11.8 Å². The van der Waals surface area contributed by atoms with Crippen LogP contribution in [0.2, 0.25) is 0 Å². The quantitative estimate of drug-likeness (QED) is 0.660. The first-order valence-corrected chi connectivity index (χ1v) is 8.72. The maximum atomic E-state index is 5.96. The zero-order valence-electron chi connectivity index (χ0n) is 12.7. The van der Waals surface area contributed by atoms with Gasteiger partial charge in [0.05, 0.1) is 6.26 Å². The molecule has 0 amide bonds. The minimum absolute atomic E-state index is 0.337. The van der Waals surface area contributed by atoms with Gasteiger partial charge in [-0.15, -0.1) is 0 Å². The Hall–Kier alpha value is -0.890. The SMILES string of the molecule is CCC1(CO/C=C(/C)c2ccccc2)CCCCCS1. The average Bonchev–Trinajstić information content (AvgIpc) is 2.74. The number of thioether (sulfide) groups is 1. The number of rotatable bonds is 5. The van der Waals surface area contributed by atoms with E-state index in [0.717, 1.165) is 6.61 Å². The lowest BCUT2D eigenvalue weighted by molar-refractivity contribution is 0.203. The van der Waals surface area contributed by atoms with Gasteiger partial charge < -0.3 is 4.74 Å². The third kappa shape index (κ3) is 4.31. The second kappa shape index (κ2) is 7.78. The minimum Gasteiger partial charge on any atom is -0.499 e. The van der Waals surface area contributed by atoms with Crippen molar-refractivity contribution in [3.8, 4) is 0 Å². The molecular formula is C18H26OS. The summed E-state index contributed by atoms with van der Waals surface area (Å²) < 4.78 is 6.29. The maximum Gasteiger partial charge on any atom is 0.102 e. The Labute approximate surface area is 127 Å². The molecule has 1 aliphatic rings. The van der Waals surface area contributed by atoms with Gasteiger partial charge in [-0.05, 0) is 43.1 Å². The molecule has 1 aliphatic heterocycles. The van der Waals surface area contributed by atoms with E-state index in [-0.39, 0.29) is 0 Å². The first kappa shape index (κ1) is 15.5. The molecule has 1 fully saturated rings. The van der Waals surface area contributed by atoms with Gasteiger partial charge in [0.15, 0.2) is 0 Å². The van der Waals surface area contributed by atoms with Gasteiger partial charge in [-0.25, -0.2) is 0 Å². The van der Waals surface area contributed by atoms with Crippen LogP contribution in [0.3, 0.4) is 0 Å². The predicted octanol–water partition coefficient (Wildman–Crippen LogP) is 5.52. The summed E-state index contributed by atoms with van der Waals surface area (Å²) in [6.45, 7) is 5.27. The maximum absolute atomic E-state index is 5.96. The molecule has 0 aliphatic carbocycles. The zero-order chi connectivity index (χ0) is 14.3. The largest absolute Gasteiger partial charge is 0.499 e. The van der Waals surface area contributed by atoms with Crippen LogP contribution in [0.15, 0.2) is 36.6 Å². The summed E-state index contributed by atoms with van der Waals surface area (Å²) in [5.74, 6) is 1.29. The highest BCUT2D eigenvalue weighted by molar-refractivity contribution is 8.00. The van der Waals surface area contributed by atoms with Crippen molar-refractivity contribution in [2.75, 3.05) is 12.4 Å². The molecule has 0 aromatic heterocycles. The van der Waals surface area contributed by atoms with Crippen LogP contribution in [0.1, 0.15) is 51.5 Å². The molecule has 2 rings (SSSR count). The Bertz CT molecular complexity index is 416. The summed E-state index contributed by atoms with van der Waals surface area (Å²) >= 11 is 2.12. The van der Waals surface area contributed by atoms with E-state index in [1.165, 1.54) is 49.0 Å². The van der Waals surface area contributed by atoms with Crippen molar-refractivity contribution in [1.29, 1.82) is 0 Å². The van der Waals surface area contributed by atoms with Gasteiger partial charge >= 0.3 is 0 Å². The Morgan fingerprint density at radius 1 is 1.25 bits per heavy atom. The van der Waals surface area contributed by atoms with Crippen molar-refractivity contribution in [2.45, 2.75) is 50.7 Å². The summed E-state index contributed by atoms with van der Waals surface area (Å²) in [4.78, 5) is 0. The van der Waals surface area contributed by atoms with E-state index in [9.17, 15) is 0 Å². The molecule has 0 N–H and O–H groups in total. The van der Waals surface area contributed by atoms with Gasteiger partial charge in [-0.2, -0.15) is 11.8 Å². The van der Waals surface area contributed by atoms with E-state index in [4.69, 9.17) is 4.74 Å². The Kier molecular flexibility index (Phi) is 6.03. The van der Waals surface area contributed by atoms with Crippen LogP contribution in [0.4, 0.5) is 0 Å². The fourth-order valence-electron chi connectivity index (χ4n) is 2.67. The van der Waals surface area contributed by atoms with Crippen LogP contribution in [-0.4, -0.2) is 17.1 Å². The standard InChI is InChI=1S/C18H26OS/c1-3-18(12-8-5-9-13-20-18)15-19-14-16(2)17-10-6-4-7-11-17/h4,6-7,10-11,14H,3,5,8-9,12-13,15H2,1-2H3/b16-14-. The first-order valence-electron chi connectivity index (χ1n) is 7.73. The van der Waals surface area contributed by atoms with Crippen molar-refractivity contribution < 1.29 is 4.74 Å². The molecule has 20 heavy (non-hydrogen) atoms. The molecule has 1 saturated heterocycles. The molecule has 1 unspecified atom stereocenters. The highest BCUT2D eigenvalue weighted by atomic mass is 32.2. The number of benzene rings is 1. The lowest BCUT2D eigenvalue weighted by atomic mass is 9.99. The van der Waals surface area contributed by atoms with Crippen molar-refractivity contribution in [2.24, 2.45) is 0 Å². The molecule has 0 bridgehead atoms. The van der Waals surface area contributed by atoms with Gasteiger partial charge in [0.2, 0.25) is 0 Å². The van der Waals surface area contributed by atoms with Gasteiger partial charge in [-0.1, -0.05) is 50.1 Å². The molecule has 2 heteroatoms. The molecule has 1 atom stereocenters. The fraction of sp³-hybridized carbons (Fsp3) is 0.556. The molecule has 1 aromatic carbocycles. The van der Waals surface area contributed by atoms with Crippen molar-refractivity contribution in [3.05, 3.63) is 42.2 Å². The summed E-state index contributed by atoms with van der Waals surface area (Å²) in [5.41, 5.74) is 2.45. The van der Waals surface area contributed by atoms with E-state index in [0.29, 0.717) is 4.75 Å². The van der Waals surface area contributed by atoms with Crippen LogP contribution < -0.4 is 0 Å². The number of ether oxygens (including phenoxy) is 1. The molecule has 0 saturated carbocycles. The smallest absolute Gasteiger partial charge is 0.102 e. The number of hydrogen-bond donors (Lipinski definition) is 0. The van der Waals surface area contributed by atoms with Crippen molar-refractivity contribution >= 4 is 17.3 Å². The van der Waals surface area contributed by atoms with E-state index in [1.54, 1.807) is 0 Å². The molecule has 1 aromatic rings. The molecule has 0 radical (unpaired) electrons. The number of hydrogen-bond acceptors (Lipinski definition) is 2. The molecule has 1 heterocycles. The Morgan fingerprint density at radius 3 is 2.80 bits per heavy atom. The minimum atomic E-state index is 0.337. The summed E-state index contributed by atoms with van der Waals surface area (Å²) in [6.07, 6.45) is 8.55. The first-order chi connectivity index (χ1) is 9.76. The molecular weight excluding hydrogens is 264 g/mol. The second-order valence-electron chi connectivity index (χ2n) is 5.67. The second-order valence-corrected chi connectivity index (χ2v) is 7.24. The topological polar surface area (TPSA) is 9.23 Å². The van der Waals surface area contributed by atoms with Crippen molar-refractivity contribution in [1.82, 2.24) is 0 Å². The van der Waals surface area contributed by atoms with Gasteiger partial charge in [0, 0.05) is 4.75 Å². The van der Waals surface area contributed by atoms with E-state index in [2.05, 4.69) is 49.9 Å². The zero-order valence-corrected chi connectivity index (χ0v) is 13.5. The summed E-state index contributed by atoms with van der Waals surface area (Å²) in [7, 11) is 0. The van der Waals surface area contributed by atoms with Gasteiger partial charge in [0.25, 0.3) is 0 Å². The predicted molar refractivity (Wildman–Crippen MR) is 90.0 cm³/mol. The monoisotopic (exact) mass is 290 g/mol. The summed E-state index contributed by atoms with van der Waals surface area (Å²) in [5, 5.41) is 0. The van der Waals surface area contributed by atoms with E-state index >= 15 is 0 Å². The van der Waals surface area contributed by atoms with Crippen LogP contribution in [0.5, 0.6) is 0 Å². The molecule has 0 spiro atoms. The van der Waals surface area contributed by atoms with E-state index < -0.39 is 0 Å². The average molecular weight is 290 g/mol. The molecule has 1 nitrogen and oxygen atoms in total. The Morgan fingerprint density at radius 2 is 2.05 bits per heavy atom. The third-order valence-electron chi connectivity index (χ3n) is 4.16. The molecule has 110 valence electrons. The van der Waals surface area contributed by atoms with Crippen LogP contribution in [-0.2, 0) is 4.74 Å². The van der Waals surface area contributed by atoms with Gasteiger partial charge in [-0.3, -0.25) is 0 Å². The summed E-state index contributed by atoms with van der Waals surface area (Å²) in [6, 6.07) is 10.4.